The molecule has 1 aliphatic rings. The van der Waals surface area contributed by atoms with Crippen LogP contribution < -0.4 is 0 Å². The van der Waals surface area contributed by atoms with Crippen molar-refractivity contribution in [3.05, 3.63) is 0 Å². The van der Waals surface area contributed by atoms with E-state index >= 15 is 0 Å². The van der Waals surface area contributed by atoms with Gasteiger partial charge in [0.15, 0.2) is 0 Å². The standard InChI is InChI=1S/C12H23NO2/c1-5-11(12(14)15-4)13-7-9(2)6-10(3)8-13/h9-11H,5-8H2,1-4H3/t9-,10-,11+/m0/s1. The first kappa shape index (κ1) is 12.5. The van der Waals surface area contributed by atoms with Crippen molar-refractivity contribution in [2.24, 2.45) is 11.8 Å². The molecule has 0 bridgehead atoms. The molecule has 1 aliphatic heterocycles. The lowest BCUT2D eigenvalue weighted by Gasteiger charge is -2.38. The molecule has 0 aliphatic carbocycles. The Morgan fingerprint density at radius 3 is 2.33 bits per heavy atom. The summed E-state index contributed by atoms with van der Waals surface area (Å²) >= 11 is 0. The number of hydrogen-bond donors (Lipinski definition) is 0. The number of carbonyl (C=O) groups is 1. The molecule has 1 heterocycles. The van der Waals surface area contributed by atoms with E-state index in [4.69, 9.17) is 4.74 Å². The number of hydrogen-bond acceptors (Lipinski definition) is 3. The Hall–Kier alpha value is -0.570. The van der Waals surface area contributed by atoms with Crippen molar-refractivity contribution in [2.75, 3.05) is 20.2 Å². The van der Waals surface area contributed by atoms with Crippen LogP contribution in [0.25, 0.3) is 0 Å². The molecular weight excluding hydrogens is 190 g/mol. The summed E-state index contributed by atoms with van der Waals surface area (Å²) in [6.45, 7) is 8.61. The maximum Gasteiger partial charge on any atom is 0.323 e. The summed E-state index contributed by atoms with van der Waals surface area (Å²) in [6, 6.07) is -0.0415. The third-order valence-corrected chi connectivity index (χ3v) is 3.20. The molecule has 1 saturated heterocycles. The van der Waals surface area contributed by atoms with Crippen molar-refractivity contribution in [1.29, 1.82) is 0 Å². The van der Waals surface area contributed by atoms with Gasteiger partial charge in [-0.25, -0.2) is 0 Å². The minimum atomic E-state index is -0.0844. The van der Waals surface area contributed by atoms with Gasteiger partial charge in [-0.3, -0.25) is 9.69 Å². The van der Waals surface area contributed by atoms with Crippen LogP contribution in [-0.2, 0) is 9.53 Å². The quantitative estimate of drug-likeness (QED) is 0.671. The highest BCUT2D eigenvalue weighted by molar-refractivity contribution is 5.75. The van der Waals surface area contributed by atoms with Crippen LogP contribution in [0.5, 0.6) is 0 Å². The van der Waals surface area contributed by atoms with Gasteiger partial charge in [-0.1, -0.05) is 20.8 Å². The average Bonchev–Trinajstić information content (AvgIpc) is 2.17. The molecule has 0 spiro atoms. The number of rotatable bonds is 3. The summed E-state index contributed by atoms with van der Waals surface area (Å²) in [7, 11) is 1.47. The maximum absolute atomic E-state index is 11.6. The molecule has 0 radical (unpaired) electrons. The molecule has 0 aromatic rings. The zero-order valence-corrected chi connectivity index (χ0v) is 10.3. The summed E-state index contributed by atoms with van der Waals surface area (Å²) in [5.41, 5.74) is 0. The van der Waals surface area contributed by atoms with Crippen molar-refractivity contribution in [1.82, 2.24) is 4.90 Å². The van der Waals surface area contributed by atoms with Crippen LogP contribution in [0.3, 0.4) is 0 Å². The highest BCUT2D eigenvalue weighted by Crippen LogP contribution is 2.23. The van der Waals surface area contributed by atoms with Crippen molar-refractivity contribution in [3.63, 3.8) is 0 Å². The second kappa shape index (κ2) is 5.50. The van der Waals surface area contributed by atoms with E-state index in [0.717, 1.165) is 19.5 Å². The average molecular weight is 213 g/mol. The first-order valence-electron chi connectivity index (χ1n) is 5.90. The fraction of sp³-hybridized carbons (Fsp3) is 0.917. The van der Waals surface area contributed by atoms with Crippen LogP contribution in [0, 0.1) is 11.8 Å². The van der Waals surface area contributed by atoms with Crippen LogP contribution >= 0.6 is 0 Å². The van der Waals surface area contributed by atoms with E-state index in [1.165, 1.54) is 13.5 Å². The Morgan fingerprint density at radius 2 is 1.93 bits per heavy atom. The van der Waals surface area contributed by atoms with Crippen molar-refractivity contribution in [2.45, 2.75) is 39.7 Å². The Morgan fingerprint density at radius 1 is 1.40 bits per heavy atom. The van der Waals surface area contributed by atoms with Crippen molar-refractivity contribution in [3.8, 4) is 0 Å². The molecule has 3 heteroatoms. The molecular formula is C12H23NO2. The molecule has 0 unspecified atom stereocenters. The highest BCUT2D eigenvalue weighted by atomic mass is 16.5. The second-order valence-electron chi connectivity index (χ2n) is 4.85. The fourth-order valence-corrected chi connectivity index (χ4v) is 2.68. The zero-order chi connectivity index (χ0) is 11.4. The predicted molar refractivity (Wildman–Crippen MR) is 60.6 cm³/mol. The molecule has 1 rings (SSSR count). The number of carbonyl (C=O) groups excluding carboxylic acids is 1. The largest absolute Gasteiger partial charge is 0.468 e. The Kier molecular flexibility index (Phi) is 4.58. The normalized spacial score (nSPS) is 29.9. The van der Waals surface area contributed by atoms with Gasteiger partial charge in [0.25, 0.3) is 0 Å². The summed E-state index contributed by atoms with van der Waals surface area (Å²) in [5, 5.41) is 0. The molecule has 15 heavy (non-hydrogen) atoms. The molecule has 0 aromatic heterocycles. The van der Waals surface area contributed by atoms with Gasteiger partial charge in [0.1, 0.15) is 6.04 Å². The number of methoxy groups -OCH3 is 1. The number of nitrogens with zero attached hydrogens (tertiary/aromatic N) is 1. The van der Waals surface area contributed by atoms with Crippen LogP contribution in [-0.4, -0.2) is 37.1 Å². The third kappa shape index (κ3) is 3.20. The minimum Gasteiger partial charge on any atom is -0.468 e. The maximum atomic E-state index is 11.6. The van der Waals surface area contributed by atoms with Gasteiger partial charge in [-0.2, -0.15) is 0 Å². The predicted octanol–water partition coefficient (Wildman–Crippen LogP) is 1.92. The lowest BCUT2D eigenvalue weighted by Crippen LogP contribution is -2.48. The van der Waals surface area contributed by atoms with Crippen LogP contribution in [0.1, 0.15) is 33.6 Å². The van der Waals surface area contributed by atoms with Gasteiger partial charge in [0.05, 0.1) is 7.11 Å². The first-order valence-corrected chi connectivity index (χ1v) is 5.90. The molecule has 0 aromatic carbocycles. The fourth-order valence-electron chi connectivity index (χ4n) is 2.68. The van der Waals surface area contributed by atoms with E-state index in [9.17, 15) is 4.79 Å². The van der Waals surface area contributed by atoms with E-state index in [-0.39, 0.29) is 12.0 Å². The van der Waals surface area contributed by atoms with E-state index in [2.05, 4.69) is 18.7 Å². The molecule has 3 atom stereocenters. The smallest absolute Gasteiger partial charge is 0.323 e. The molecule has 0 saturated carbocycles. The van der Waals surface area contributed by atoms with E-state index in [1.807, 2.05) is 6.92 Å². The number of esters is 1. The lowest BCUT2D eigenvalue weighted by molar-refractivity contribution is -0.148. The SMILES string of the molecule is CC[C@H](C(=O)OC)N1C[C@@H](C)C[C@H](C)C1. The first-order chi connectivity index (χ1) is 7.08. The van der Waals surface area contributed by atoms with Crippen LogP contribution in [0.15, 0.2) is 0 Å². The number of likely N-dealkylation sites (tertiary alicyclic amines) is 1. The molecule has 3 nitrogen and oxygen atoms in total. The van der Waals surface area contributed by atoms with Gasteiger partial charge in [0.2, 0.25) is 0 Å². The second-order valence-corrected chi connectivity index (χ2v) is 4.85. The minimum absolute atomic E-state index is 0.0415. The van der Waals surface area contributed by atoms with Crippen molar-refractivity contribution >= 4 is 5.97 Å². The number of ether oxygens (including phenoxy) is 1. The topological polar surface area (TPSA) is 29.5 Å². The van der Waals surface area contributed by atoms with Gasteiger partial charge in [-0.05, 0) is 24.7 Å². The van der Waals surface area contributed by atoms with Crippen LogP contribution in [0.4, 0.5) is 0 Å². The Balaban J connectivity index is 2.63. The Labute approximate surface area is 92.8 Å². The summed E-state index contributed by atoms with van der Waals surface area (Å²) in [6.07, 6.45) is 2.11. The Bertz CT molecular complexity index is 208. The molecule has 1 fully saturated rings. The molecule has 0 N–H and O–H groups in total. The van der Waals surface area contributed by atoms with Crippen molar-refractivity contribution < 1.29 is 9.53 Å². The third-order valence-electron chi connectivity index (χ3n) is 3.20. The van der Waals surface area contributed by atoms with E-state index in [1.54, 1.807) is 0 Å². The van der Waals surface area contributed by atoms with Gasteiger partial charge < -0.3 is 4.74 Å². The van der Waals surface area contributed by atoms with Gasteiger partial charge in [-0.15, -0.1) is 0 Å². The van der Waals surface area contributed by atoms with Gasteiger partial charge in [0, 0.05) is 13.1 Å². The highest BCUT2D eigenvalue weighted by Gasteiger charge is 2.30. The molecule has 0 amide bonds. The number of piperidine rings is 1. The summed E-state index contributed by atoms with van der Waals surface area (Å²) in [5.74, 6) is 1.29. The monoisotopic (exact) mass is 213 g/mol. The lowest BCUT2D eigenvalue weighted by atomic mass is 9.90. The van der Waals surface area contributed by atoms with Crippen LogP contribution in [0.2, 0.25) is 0 Å². The summed E-state index contributed by atoms with van der Waals surface area (Å²) in [4.78, 5) is 13.9. The van der Waals surface area contributed by atoms with E-state index < -0.39 is 0 Å². The zero-order valence-electron chi connectivity index (χ0n) is 10.3. The summed E-state index contributed by atoms with van der Waals surface area (Å²) < 4.78 is 4.85. The van der Waals surface area contributed by atoms with Gasteiger partial charge >= 0.3 is 5.97 Å². The van der Waals surface area contributed by atoms with E-state index in [0.29, 0.717) is 11.8 Å². The molecule has 88 valence electrons.